The molecule has 0 saturated carbocycles. The molecular weight excluding hydrogens is 234 g/mol. The van der Waals surface area contributed by atoms with E-state index in [1.54, 1.807) is 0 Å². The Bertz CT molecular complexity index is 335. The normalized spacial score (nSPS) is 12.1. The van der Waals surface area contributed by atoms with Gasteiger partial charge in [0.1, 0.15) is 0 Å². The number of hydrogen-bond acceptors (Lipinski definition) is 3. The summed E-state index contributed by atoms with van der Waals surface area (Å²) >= 11 is 0. The summed E-state index contributed by atoms with van der Waals surface area (Å²) in [7, 11) is 0. The van der Waals surface area contributed by atoms with Crippen LogP contribution in [-0.2, 0) is 6.54 Å². The van der Waals surface area contributed by atoms with Crippen LogP contribution >= 0.6 is 0 Å². The van der Waals surface area contributed by atoms with Crippen molar-refractivity contribution in [3.05, 3.63) is 30.1 Å². The Morgan fingerprint density at radius 1 is 1.26 bits per heavy atom. The van der Waals surface area contributed by atoms with Gasteiger partial charge in [-0.3, -0.25) is 9.88 Å². The third-order valence-electron chi connectivity index (χ3n) is 3.71. The summed E-state index contributed by atoms with van der Waals surface area (Å²) in [6.07, 6.45) is 5.45. The van der Waals surface area contributed by atoms with E-state index in [2.05, 4.69) is 42.8 Å². The molecule has 0 aliphatic heterocycles. The van der Waals surface area contributed by atoms with Crippen LogP contribution in [0.1, 0.15) is 45.7 Å². The Kier molecular flexibility index (Phi) is 7.03. The van der Waals surface area contributed by atoms with Gasteiger partial charge in [0.05, 0.1) is 5.69 Å². The topological polar surface area (TPSA) is 42.1 Å². The first kappa shape index (κ1) is 16.1. The SMILES string of the molecule is CCN(CCCC(C)(C)CCN)Cc1ccccn1. The standard InChI is InChI=1S/C16H29N3/c1-4-19(14-15-8-5-6-12-18-15)13-7-9-16(2,3)10-11-17/h5-6,8,12H,4,7,9-11,13-14,17H2,1-3H3. The lowest BCUT2D eigenvalue weighted by molar-refractivity contribution is 0.235. The average Bonchev–Trinajstić information content (AvgIpc) is 2.38. The van der Waals surface area contributed by atoms with Gasteiger partial charge in [-0.05, 0) is 56.4 Å². The number of pyridine rings is 1. The van der Waals surface area contributed by atoms with Crippen molar-refractivity contribution in [3.8, 4) is 0 Å². The maximum absolute atomic E-state index is 5.66. The monoisotopic (exact) mass is 263 g/mol. The van der Waals surface area contributed by atoms with Crippen LogP contribution in [-0.4, -0.2) is 29.5 Å². The Morgan fingerprint density at radius 2 is 2.05 bits per heavy atom. The molecular formula is C16H29N3. The van der Waals surface area contributed by atoms with Crippen LogP contribution < -0.4 is 5.73 Å². The van der Waals surface area contributed by atoms with Gasteiger partial charge in [0.2, 0.25) is 0 Å². The predicted molar refractivity (Wildman–Crippen MR) is 81.9 cm³/mol. The van der Waals surface area contributed by atoms with E-state index in [4.69, 9.17) is 5.73 Å². The molecule has 19 heavy (non-hydrogen) atoms. The Hall–Kier alpha value is -0.930. The molecule has 0 saturated heterocycles. The van der Waals surface area contributed by atoms with Crippen molar-refractivity contribution >= 4 is 0 Å². The summed E-state index contributed by atoms with van der Waals surface area (Å²) in [5, 5.41) is 0. The van der Waals surface area contributed by atoms with Crippen molar-refractivity contribution in [1.82, 2.24) is 9.88 Å². The third kappa shape index (κ3) is 6.69. The summed E-state index contributed by atoms with van der Waals surface area (Å²) in [6, 6.07) is 6.12. The highest BCUT2D eigenvalue weighted by Gasteiger charge is 2.16. The molecule has 0 amide bonds. The number of rotatable bonds is 9. The molecule has 1 heterocycles. The second kappa shape index (κ2) is 8.28. The minimum absolute atomic E-state index is 0.374. The zero-order valence-corrected chi connectivity index (χ0v) is 12.7. The molecule has 1 rings (SSSR count). The first-order chi connectivity index (χ1) is 9.07. The molecule has 108 valence electrons. The van der Waals surface area contributed by atoms with E-state index in [-0.39, 0.29) is 0 Å². The molecule has 0 fully saturated rings. The smallest absolute Gasteiger partial charge is 0.0543 e. The van der Waals surface area contributed by atoms with Crippen molar-refractivity contribution < 1.29 is 0 Å². The van der Waals surface area contributed by atoms with E-state index in [0.717, 1.165) is 38.3 Å². The van der Waals surface area contributed by atoms with Gasteiger partial charge in [-0.2, -0.15) is 0 Å². The van der Waals surface area contributed by atoms with Crippen LogP contribution in [0.15, 0.2) is 24.4 Å². The first-order valence-corrected chi connectivity index (χ1v) is 7.40. The van der Waals surface area contributed by atoms with Crippen molar-refractivity contribution in [2.75, 3.05) is 19.6 Å². The highest BCUT2D eigenvalue weighted by atomic mass is 15.1. The fraction of sp³-hybridized carbons (Fsp3) is 0.688. The van der Waals surface area contributed by atoms with E-state index >= 15 is 0 Å². The van der Waals surface area contributed by atoms with E-state index in [1.165, 1.54) is 12.8 Å². The van der Waals surface area contributed by atoms with Crippen LogP contribution in [0.2, 0.25) is 0 Å². The van der Waals surface area contributed by atoms with Gasteiger partial charge >= 0.3 is 0 Å². The minimum Gasteiger partial charge on any atom is -0.330 e. The molecule has 0 aliphatic carbocycles. The summed E-state index contributed by atoms with van der Waals surface area (Å²) in [4.78, 5) is 6.85. The zero-order chi connectivity index (χ0) is 14.1. The lowest BCUT2D eigenvalue weighted by atomic mass is 9.84. The molecule has 2 N–H and O–H groups in total. The molecule has 1 aromatic heterocycles. The zero-order valence-electron chi connectivity index (χ0n) is 12.7. The van der Waals surface area contributed by atoms with Gasteiger partial charge in [0.15, 0.2) is 0 Å². The van der Waals surface area contributed by atoms with E-state index in [0.29, 0.717) is 5.41 Å². The van der Waals surface area contributed by atoms with Crippen molar-refractivity contribution in [2.24, 2.45) is 11.1 Å². The van der Waals surface area contributed by atoms with Crippen molar-refractivity contribution in [2.45, 2.75) is 46.6 Å². The summed E-state index contributed by atoms with van der Waals surface area (Å²) in [5.41, 5.74) is 7.19. The second-order valence-corrected chi connectivity index (χ2v) is 6.00. The number of aromatic nitrogens is 1. The Balaban J connectivity index is 2.33. The van der Waals surface area contributed by atoms with Crippen molar-refractivity contribution in [3.63, 3.8) is 0 Å². The molecule has 0 aromatic carbocycles. The maximum atomic E-state index is 5.66. The second-order valence-electron chi connectivity index (χ2n) is 6.00. The fourth-order valence-electron chi connectivity index (χ4n) is 2.37. The number of hydrogen-bond donors (Lipinski definition) is 1. The predicted octanol–water partition coefficient (Wildman–Crippen LogP) is 3.06. The maximum Gasteiger partial charge on any atom is 0.0543 e. The van der Waals surface area contributed by atoms with Gasteiger partial charge in [0.25, 0.3) is 0 Å². The molecule has 3 nitrogen and oxygen atoms in total. The molecule has 0 aliphatic rings. The fourth-order valence-corrected chi connectivity index (χ4v) is 2.37. The summed E-state index contributed by atoms with van der Waals surface area (Å²) in [5.74, 6) is 0. The highest BCUT2D eigenvalue weighted by Crippen LogP contribution is 2.25. The average molecular weight is 263 g/mol. The van der Waals surface area contributed by atoms with Crippen LogP contribution in [0.4, 0.5) is 0 Å². The van der Waals surface area contributed by atoms with Crippen LogP contribution in [0.25, 0.3) is 0 Å². The Morgan fingerprint density at radius 3 is 2.63 bits per heavy atom. The lowest BCUT2D eigenvalue weighted by Gasteiger charge is -2.26. The van der Waals surface area contributed by atoms with Gasteiger partial charge in [-0.1, -0.05) is 26.8 Å². The van der Waals surface area contributed by atoms with Crippen LogP contribution in [0.3, 0.4) is 0 Å². The molecule has 0 unspecified atom stereocenters. The minimum atomic E-state index is 0.374. The summed E-state index contributed by atoms with van der Waals surface area (Å²) in [6.45, 7) is 10.8. The lowest BCUT2D eigenvalue weighted by Crippen LogP contribution is -2.26. The molecule has 0 radical (unpaired) electrons. The Labute approximate surface area is 118 Å². The molecule has 0 atom stereocenters. The first-order valence-electron chi connectivity index (χ1n) is 7.40. The largest absolute Gasteiger partial charge is 0.330 e. The van der Waals surface area contributed by atoms with Crippen LogP contribution in [0.5, 0.6) is 0 Å². The molecule has 3 heteroatoms. The van der Waals surface area contributed by atoms with Crippen molar-refractivity contribution in [1.29, 1.82) is 0 Å². The quantitative estimate of drug-likeness (QED) is 0.744. The molecule has 0 bridgehead atoms. The third-order valence-corrected chi connectivity index (χ3v) is 3.71. The summed E-state index contributed by atoms with van der Waals surface area (Å²) < 4.78 is 0. The van der Waals surface area contributed by atoms with Crippen LogP contribution in [0, 0.1) is 5.41 Å². The van der Waals surface area contributed by atoms with E-state index in [1.807, 2.05) is 12.3 Å². The van der Waals surface area contributed by atoms with Gasteiger partial charge in [-0.25, -0.2) is 0 Å². The molecule has 0 spiro atoms. The number of nitrogens with zero attached hydrogens (tertiary/aromatic N) is 2. The van der Waals surface area contributed by atoms with Gasteiger partial charge in [0, 0.05) is 12.7 Å². The molecule has 1 aromatic rings. The van der Waals surface area contributed by atoms with E-state index in [9.17, 15) is 0 Å². The van der Waals surface area contributed by atoms with Gasteiger partial charge in [-0.15, -0.1) is 0 Å². The highest BCUT2D eigenvalue weighted by molar-refractivity contribution is 5.03. The van der Waals surface area contributed by atoms with E-state index < -0.39 is 0 Å². The van der Waals surface area contributed by atoms with Gasteiger partial charge < -0.3 is 5.73 Å². The number of nitrogens with two attached hydrogens (primary N) is 1.